The minimum atomic E-state index is -1.03. The fourth-order valence-electron chi connectivity index (χ4n) is 8.77. The molecule has 0 unspecified atom stereocenters. The summed E-state index contributed by atoms with van der Waals surface area (Å²) in [6, 6.07) is 32.9. The molecule has 4 heterocycles. The van der Waals surface area contributed by atoms with Gasteiger partial charge in [-0.25, -0.2) is 9.59 Å². The molecule has 2 saturated heterocycles. The van der Waals surface area contributed by atoms with E-state index in [1.54, 1.807) is 70.7 Å². The number of rotatable bonds is 11. The molecule has 67 heavy (non-hydrogen) atoms. The van der Waals surface area contributed by atoms with Crippen molar-refractivity contribution in [3.63, 3.8) is 0 Å². The molecule has 0 spiro atoms. The molecule has 0 radical (unpaired) electrons. The Morgan fingerprint density at radius 1 is 0.657 bits per heavy atom. The zero-order chi connectivity index (χ0) is 47.5. The van der Waals surface area contributed by atoms with Gasteiger partial charge >= 0.3 is 12.2 Å². The first kappa shape index (κ1) is 46.1. The Labute approximate surface area is 390 Å². The highest BCUT2D eigenvalue weighted by Crippen LogP contribution is 2.36. The smallest absolute Gasteiger partial charge is 0.408 e. The van der Waals surface area contributed by atoms with Gasteiger partial charge in [0.1, 0.15) is 29.3 Å². The first-order chi connectivity index (χ1) is 32.0. The number of anilines is 1. The third-order valence-electron chi connectivity index (χ3n) is 11.8. The first-order valence-electron chi connectivity index (χ1n) is 22.8. The fraction of sp³-hybridized carbons (Fsp3) is 0.346. The molecule has 15 nitrogen and oxygen atoms in total. The molecule has 15 heteroatoms. The van der Waals surface area contributed by atoms with E-state index in [1.807, 2.05) is 95.9 Å². The Hall–Kier alpha value is -7.42. The van der Waals surface area contributed by atoms with Gasteiger partial charge in [-0.1, -0.05) is 84.9 Å². The Kier molecular flexibility index (Phi) is 13.2. The van der Waals surface area contributed by atoms with Crippen LogP contribution in [0.2, 0.25) is 0 Å². The number of aromatic nitrogens is 3. The Balaban J connectivity index is 0.925. The second-order valence-corrected chi connectivity index (χ2v) is 19.1. The van der Waals surface area contributed by atoms with Crippen LogP contribution in [0, 0.1) is 0 Å². The predicted molar refractivity (Wildman–Crippen MR) is 255 cm³/mol. The van der Waals surface area contributed by atoms with E-state index in [4.69, 9.17) is 9.47 Å². The number of hydrogen-bond acceptors (Lipinski definition) is 8. The molecule has 2 aliphatic heterocycles. The third kappa shape index (κ3) is 11.0. The molecule has 2 aliphatic rings. The zero-order valence-electron chi connectivity index (χ0n) is 38.7. The normalized spacial score (nSPS) is 17.2. The number of alkyl carbamates (subject to hydrolysis) is 2. The van der Waals surface area contributed by atoms with E-state index in [-0.39, 0.29) is 23.8 Å². The largest absolute Gasteiger partial charge is 0.444 e. The lowest BCUT2D eigenvalue weighted by Gasteiger charge is -2.29. The maximum atomic E-state index is 14.2. The molecule has 4 atom stereocenters. The highest BCUT2D eigenvalue weighted by molar-refractivity contribution is 6.00. The van der Waals surface area contributed by atoms with E-state index in [9.17, 15) is 24.0 Å². The highest BCUT2D eigenvalue weighted by atomic mass is 16.6. The van der Waals surface area contributed by atoms with E-state index in [0.29, 0.717) is 42.7 Å². The van der Waals surface area contributed by atoms with Crippen LogP contribution in [0.1, 0.15) is 102 Å². The molecule has 4 aromatic carbocycles. The third-order valence-corrected chi connectivity index (χ3v) is 11.8. The number of carbonyl (C=O) groups is 5. The van der Waals surface area contributed by atoms with Gasteiger partial charge in [-0.15, -0.1) is 0 Å². The van der Waals surface area contributed by atoms with E-state index in [0.717, 1.165) is 52.0 Å². The van der Waals surface area contributed by atoms with Crippen molar-refractivity contribution in [2.45, 2.75) is 103 Å². The van der Waals surface area contributed by atoms with Gasteiger partial charge in [-0.2, -0.15) is 5.10 Å². The Morgan fingerprint density at radius 2 is 1.21 bits per heavy atom. The van der Waals surface area contributed by atoms with Crippen molar-refractivity contribution in [1.29, 1.82) is 0 Å². The fourth-order valence-corrected chi connectivity index (χ4v) is 8.77. The lowest BCUT2D eigenvalue weighted by atomic mass is 10.0. The van der Waals surface area contributed by atoms with E-state index in [2.05, 4.69) is 31.1 Å². The van der Waals surface area contributed by atoms with Crippen molar-refractivity contribution in [3.8, 4) is 22.5 Å². The van der Waals surface area contributed by atoms with E-state index >= 15 is 0 Å². The van der Waals surface area contributed by atoms with Gasteiger partial charge in [-0.05, 0) is 114 Å². The van der Waals surface area contributed by atoms with Crippen LogP contribution in [-0.4, -0.2) is 85.2 Å². The summed E-state index contributed by atoms with van der Waals surface area (Å²) in [4.78, 5) is 74.7. The number of nitrogens with one attached hydrogen (secondary N) is 5. The van der Waals surface area contributed by atoms with Crippen LogP contribution >= 0.6 is 0 Å². The standard InChI is InChI=1S/C52H58N8O7/c1-51(2,3)66-49(64)55-44(34-15-9-7-10-16-34)47(62)59-27-13-19-42(59)41-31-40(57-58-41)33-23-21-32(22-24-33)39-30-36-29-37(25-26-38(36)54-39)53-46(61)43-20-14-28-60(43)48(63)45(35-17-11-8-12-18-35)56-50(65)67-52(4,5)6/h7-12,15-18,21-26,29-31,42-45,54H,13-14,19-20,27-28H2,1-6H3,(H,53,61)(H,55,64)(H,56,65)(H,57,58)/t42-,43-,44+,45+/m0/s1. The molecule has 0 aliphatic carbocycles. The number of nitrogens with zero attached hydrogens (tertiary/aromatic N) is 3. The predicted octanol–water partition coefficient (Wildman–Crippen LogP) is 9.35. The lowest BCUT2D eigenvalue weighted by Crippen LogP contribution is -2.49. The highest BCUT2D eigenvalue weighted by Gasteiger charge is 2.40. The summed E-state index contributed by atoms with van der Waals surface area (Å²) < 4.78 is 11.0. The van der Waals surface area contributed by atoms with Crippen LogP contribution < -0.4 is 16.0 Å². The quantitative estimate of drug-likeness (QED) is 0.0850. The minimum Gasteiger partial charge on any atom is -0.444 e. The summed E-state index contributed by atoms with van der Waals surface area (Å²) in [7, 11) is 0. The number of fused-ring (bicyclic) bond motifs is 1. The topological polar surface area (TPSA) is 191 Å². The van der Waals surface area contributed by atoms with E-state index < -0.39 is 41.5 Å². The summed E-state index contributed by atoms with van der Waals surface area (Å²) in [5.41, 5.74) is 5.55. The van der Waals surface area contributed by atoms with Crippen LogP contribution in [0.3, 0.4) is 0 Å². The maximum absolute atomic E-state index is 14.2. The van der Waals surface area contributed by atoms with Crippen LogP contribution in [0.15, 0.2) is 115 Å². The van der Waals surface area contributed by atoms with Crippen molar-refractivity contribution < 1.29 is 33.4 Å². The molecule has 0 bridgehead atoms. The zero-order valence-corrected chi connectivity index (χ0v) is 38.7. The molecule has 6 aromatic rings. The SMILES string of the molecule is CC(C)(C)OC(=O)N[C@@H](C(=O)N1CCC[C@H]1C(=O)Nc1ccc2[nH]c(-c3ccc(-c4cc([C@@H]5CCCN5C(=O)[C@H](NC(=O)OC(C)(C)C)c5ccccc5)[nH]n4)cc3)cc2c1)c1ccccc1. The van der Waals surface area contributed by atoms with Gasteiger partial charge in [0.25, 0.3) is 5.91 Å². The van der Waals surface area contributed by atoms with Crippen LogP contribution in [0.5, 0.6) is 0 Å². The number of hydrogen-bond donors (Lipinski definition) is 5. The second kappa shape index (κ2) is 19.2. The molecule has 2 fully saturated rings. The number of H-pyrrole nitrogens is 2. The molecule has 5 amide bonds. The Bertz CT molecular complexity index is 2740. The summed E-state index contributed by atoms with van der Waals surface area (Å²) >= 11 is 0. The van der Waals surface area contributed by atoms with Crippen LogP contribution in [0.25, 0.3) is 33.4 Å². The summed E-state index contributed by atoms with van der Waals surface area (Å²) in [6.45, 7) is 11.5. The van der Waals surface area contributed by atoms with Crippen LogP contribution in [0.4, 0.5) is 15.3 Å². The molecule has 5 N–H and O–H groups in total. The van der Waals surface area contributed by atoms with Gasteiger partial charge < -0.3 is 40.2 Å². The van der Waals surface area contributed by atoms with Gasteiger partial charge in [-0.3, -0.25) is 19.5 Å². The van der Waals surface area contributed by atoms with Gasteiger partial charge in [0.05, 0.1) is 17.4 Å². The molecule has 0 saturated carbocycles. The lowest BCUT2D eigenvalue weighted by molar-refractivity contribution is -0.138. The molecular formula is C52H58N8O7. The first-order valence-corrected chi connectivity index (χ1v) is 22.8. The number of aromatic amines is 2. The monoisotopic (exact) mass is 906 g/mol. The van der Waals surface area contributed by atoms with Crippen molar-refractivity contribution in [2.24, 2.45) is 0 Å². The number of benzene rings is 4. The molecule has 348 valence electrons. The summed E-state index contributed by atoms with van der Waals surface area (Å²) in [5.74, 6) is -0.903. The van der Waals surface area contributed by atoms with Gasteiger partial charge in [0, 0.05) is 40.9 Å². The molecule has 8 rings (SSSR count). The van der Waals surface area contributed by atoms with Crippen molar-refractivity contribution in [1.82, 2.24) is 35.6 Å². The Morgan fingerprint density at radius 3 is 1.81 bits per heavy atom. The number of amides is 5. The maximum Gasteiger partial charge on any atom is 0.408 e. The number of likely N-dealkylation sites (tertiary alicyclic amines) is 2. The minimum absolute atomic E-state index is 0.219. The average molecular weight is 907 g/mol. The molecular weight excluding hydrogens is 849 g/mol. The average Bonchev–Trinajstić information content (AvgIpc) is 4.13. The number of carbonyl (C=O) groups excluding carboxylic acids is 5. The van der Waals surface area contributed by atoms with Gasteiger partial charge in [0.15, 0.2) is 0 Å². The van der Waals surface area contributed by atoms with Gasteiger partial charge in [0.2, 0.25) is 11.8 Å². The number of ether oxygens (including phenoxy) is 2. The van der Waals surface area contributed by atoms with Crippen molar-refractivity contribution in [3.05, 3.63) is 132 Å². The second-order valence-electron chi connectivity index (χ2n) is 19.1. The molecule has 2 aromatic heterocycles. The summed E-state index contributed by atoms with van der Waals surface area (Å²) in [5, 5.41) is 17.3. The summed E-state index contributed by atoms with van der Waals surface area (Å²) in [6.07, 6.45) is 1.30. The van der Waals surface area contributed by atoms with Crippen molar-refractivity contribution >= 4 is 46.5 Å². The van der Waals surface area contributed by atoms with Crippen molar-refractivity contribution in [2.75, 3.05) is 18.4 Å². The van der Waals surface area contributed by atoms with E-state index in [1.165, 1.54) is 0 Å². The van der Waals surface area contributed by atoms with Crippen LogP contribution in [-0.2, 0) is 23.9 Å².